The third-order valence-electron chi connectivity index (χ3n) is 11.1. The number of thiophene rings is 1. The van der Waals surface area contributed by atoms with Crippen molar-refractivity contribution in [3.63, 3.8) is 0 Å². The van der Waals surface area contributed by atoms with Gasteiger partial charge in [-0.15, -0.1) is 11.3 Å². The molecule has 0 unspecified atom stereocenters. The lowest BCUT2D eigenvalue weighted by Gasteiger charge is -2.10. The number of aromatic nitrogens is 4. The van der Waals surface area contributed by atoms with Gasteiger partial charge in [-0.05, 0) is 71.8 Å². The lowest BCUT2D eigenvalue weighted by molar-refractivity contribution is 0.669. The fourth-order valence-corrected chi connectivity index (χ4v) is 9.52. The summed E-state index contributed by atoms with van der Waals surface area (Å²) in [5.74, 6) is 1.96. The molecule has 0 amide bonds. The highest BCUT2D eigenvalue weighted by Gasteiger charge is 2.19. The first-order valence-electron chi connectivity index (χ1n) is 19.0. The van der Waals surface area contributed by atoms with Gasteiger partial charge in [0.2, 0.25) is 0 Å². The van der Waals surface area contributed by atoms with E-state index in [0.29, 0.717) is 17.5 Å². The summed E-state index contributed by atoms with van der Waals surface area (Å²) in [4.78, 5) is 15.1. The van der Waals surface area contributed by atoms with Crippen LogP contribution in [0.1, 0.15) is 0 Å². The van der Waals surface area contributed by atoms with Gasteiger partial charge in [-0.3, -0.25) is 0 Å². The Morgan fingerprint density at radius 2 is 0.947 bits per heavy atom. The minimum Gasteiger partial charge on any atom is -0.456 e. The number of rotatable bonds is 5. The quantitative estimate of drug-likeness (QED) is 0.176. The summed E-state index contributed by atoms with van der Waals surface area (Å²) in [7, 11) is 0. The first kappa shape index (κ1) is 31.9. The van der Waals surface area contributed by atoms with Crippen LogP contribution < -0.4 is 0 Å². The SMILES string of the molecule is c1ccc(-c2nc(-c3ccccc3)nc(-c3cccc4sc5ccc(-c6ccc7oc8ccc(-n9c%10ccccc%10c%10ccccc%109)cc8c7c6)cc5c34)n2)cc1. The second-order valence-electron chi connectivity index (χ2n) is 14.4. The zero-order valence-corrected chi connectivity index (χ0v) is 31.2. The smallest absolute Gasteiger partial charge is 0.164 e. The molecule has 0 bridgehead atoms. The van der Waals surface area contributed by atoms with Crippen LogP contribution in [-0.2, 0) is 0 Å². The van der Waals surface area contributed by atoms with Crippen LogP contribution >= 0.6 is 11.3 Å². The first-order valence-corrected chi connectivity index (χ1v) is 19.8. The largest absolute Gasteiger partial charge is 0.456 e. The number of nitrogens with zero attached hydrogens (tertiary/aromatic N) is 4. The zero-order chi connectivity index (χ0) is 37.5. The Balaban J connectivity index is 1.01. The van der Waals surface area contributed by atoms with Crippen LogP contribution in [0, 0.1) is 0 Å². The normalized spacial score (nSPS) is 11.9. The van der Waals surface area contributed by atoms with Crippen LogP contribution in [0.15, 0.2) is 186 Å². The van der Waals surface area contributed by atoms with E-state index in [-0.39, 0.29) is 0 Å². The van der Waals surface area contributed by atoms with Crippen LogP contribution in [-0.4, -0.2) is 19.5 Å². The van der Waals surface area contributed by atoms with Gasteiger partial charge < -0.3 is 8.98 Å². The summed E-state index contributed by atoms with van der Waals surface area (Å²) in [6.45, 7) is 0. The lowest BCUT2D eigenvalue weighted by Crippen LogP contribution is -2.00. The first-order chi connectivity index (χ1) is 28.2. The van der Waals surface area contributed by atoms with Crippen molar-refractivity contribution in [3.8, 4) is 51.0 Å². The highest BCUT2D eigenvalue weighted by molar-refractivity contribution is 7.26. The van der Waals surface area contributed by atoms with Crippen molar-refractivity contribution < 1.29 is 4.42 Å². The van der Waals surface area contributed by atoms with Gasteiger partial charge in [0.05, 0.1) is 11.0 Å². The van der Waals surface area contributed by atoms with Gasteiger partial charge in [-0.25, -0.2) is 15.0 Å². The van der Waals surface area contributed by atoms with Gasteiger partial charge in [0.1, 0.15) is 11.2 Å². The second-order valence-corrected chi connectivity index (χ2v) is 15.5. The highest BCUT2D eigenvalue weighted by Crippen LogP contribution is 2.42. The maximum Gasteiger partial charge on any atom is 0.164 e. The number of hydrogen-bond donors (Lipinski definition) is 0. The molecule has 0 atom stereocenters. The monoisotopic (exact) mass is 746 g/mol. The van der Waals surface area contributed by atoms with Gasteiger partial charge in [0, 0.05) is 64.1 Å². The molecular weight excluding hydrogens is 717 g/mol. The van der Waals surface area contributed by atoms with Crippen LogP contribution in [0.4, 0.5) is 0 Å². The summed E-state index contributed by atoms with van der Waals surface area (Å²) in [5, 5.41) is 7.00. The van der Waals surface area contributed by atoms with Gasteiger partial charge in [-0.1, -0.05) is 121 Å². The molecule has 0 saturated heterocycles. The van der Waals surface area contributed by atoms with E-state index in [1.54, 1.807) is 11.3 Å². The predicted octanol–water partition coefficient (Wildman–Crippen LogP) is 13.9. The maximum absolute atomic E-state index is 6.43. The molecule has 4 heterocycles. The molecule has 4 aromatic heterocycles. The molecule has 0 aliphatic heterocycles. The standard InChI is InChI=1S/C51H30N4OS/c1-3-12-31(13-4-1)49-52-50(32-14-5-2-6-15-32)54-51(53-49)38-18-11-21-47-48(38)41-29-34(23-27-46(41)57-47)33-22-25-44-39(28-33)40-30-35(24-26-45(40)56-44)55-42-19-9-7-16-36(42)37-17-8-10-20-43(37)55/h1-30H. The molecule has 0 saturated carbocycles. The van der Waals surface area contributed by atoms with Crippen LogP contribution in [0.3, 0.4) is 0 Å². The Kier molecular flexibility index (Phi) is 7.03. The fraction of sp³-hybridized carbons (Fsp3) is 0. The molecule has 12 aromatic rings. The van der Waals surface area contributed by atoms with E-state index >= 15 is 0 Å². The molecule has 5 nitrogen and oxygen atoms in total. The third-order valence-corrected chi connectivity index (χ3v) is 12.2. The molecule has 57 heavy (non-hydrogen) atoms. The molecule has 8 aromatic carbocycles. The number of furan rings is 1. The molecule has 0 radical (unpaired) electrons. The molecule has 6 heteroatoms. The van der Waals surface area contributed by atoms with Crippen molar-refractivity contribution in [2.24, 2.45) is 0 Å². The summed E-state index contributed by atoms with van der Waals surface area (Å²) in [6, 6.07) is 63.9. The summed E-state index contributed by atoms with van der Waals surface area (Å²) in [5.41, 5.74) is 10.4. The second kappa shape index (κ2) is 12.6. The minimum atomic E-state index is 0.652. The number of hydrogen-bond acceptors (Lipinski definition) is 5. The van der Waals surface area contributed by atoms with Crippen molar-refractivity contribution in [2.45, 2.75) is 0 Å². The van der Waals surface area contributed by atoms with Gasteiger partial charge in [0.25, 0.3) is 0 Å². The van der Waals surface area contributed by atoms with Crippen molar-refractivity contribution >= 4 is 75.3 Å². The Hall–Kier alpha value is -7.41. The zero-order valence-electron chi connectivity index (χ0n) is 30.4. The molecule has 0 spiro atoms. The molecule has 0 aliphatic rings. The topological polar surface area (TPSA) is 56.7 Å². The Bertz CT molecular complexity index is 3420. The van der Waals surface area contributed by atoms with Crippen molar-refractivity contribution in [3.05, 3.63) is 182 Å². The highest BCUT2D eigenvalue weighted by atomic mass is 32.1. The van der Waals surface area contributed by atoms with E-state index in [2.05, 4.69) is 126 Å². The van der Waals surface area contributed by atoms with E-state index < -0.39 is 0 Å². The number of fused-ring (bicyclic) bond motifs is 9. The molecule has 0 aliphatic carbocycles. The molecule has 0 fully saturated rings. The van der Waals surface area contributed by atoms with Crippen molar-refractivity contribution in [1.29, 1.82) is 0 Å². The third kappa shape index (κ3) is 5.12. The minimum absolute atomic E-state index is 0.652. The fourth-order valence-electron chi connectivity index (χ4n) is 8.41. The summed E-state index contributed by atoms with van der Waals surface area (Å²) >= 11 is 1.79. The summed E-state index contributed by atoms with van der Waals surface area (Å²) in [6.07, 6.45) is 0. The molecule has 0 N–H and O–H groups in total. The average Bonchev–Trinajstić information content (AvgIpc) is 3.95. The maximum atomic E-state index is 6.43. The Labute approximate surface area is 330 Å². The molecular formula is C51H30N4OS. The number of para-hydroxylation sites is 2. The molecule has 266 valence electrons. The Morgan fingerprint density at radius 1 is 0.386 bits per heavy atom. The van der Waals surface area contributed by atoms with E-state index in [0.717, 1.165) is 60.8 Å². The van der Waals surface area contributed by atoms with Crippen LogP contribution in [0.2, 0.25) is 0 Å². The predicted molar refractivity (Wildman–Crippen MR) is 236 cm³/mol. The van der Waals surface area contributed by atoms with Crippen molar-refractivity contribution in [1.82, 2.24) is 19.5 Å². The summed E-state index contributed by atoms with van der Waals surface area (Å²) < 4.78 is 11.2. The average molecular weight is 747 g/mol. The van der Waals surface area contributed by atoms with Crippen LogP contribution in [0.5, 0.6) is 0 Å². The van der Waals surface area contributed by atoms with Crippen LogP contribution in [0.25, 0.3) is 115 Å². The van der Waals surface area contributed by atoms with Gasteiger partial charge >= 0.3 is 0 Å². The Morgan fingerprint density at radius 3 is 1.63 bits per heavy atom. The van der Waals surface area contributed by atoms with E-state index in [4.69, 9.17) is 19.4 Å². The van der Waals surface area contributed by atoms with E-state index in [9.17, 15) is 0 Å². The van der Waals surface area contributed by atoms with Gasteiger partial charge in [-0.2, -0.15) is 0 Å². The van der Waals surface area contributed by atoms with E-state index in [1.165, 1.54) is 36.6 Å². The lowest BCUT2D eigenvalue weighted by atomic mass is 9.99. The van der Waals surface area contributed by atoms with Gasteiger partial charge in [0.15, 0.2) is 17.5 Å². The van der Waals surface area contributed by atoms with Crippen molar-refractivity contribution in [2.75, 3.05) is 0 Å². The molecule has 12 rings (SSSR count). The number of benzene rings is 8. The van der Waals surface area contributed by atoms with E-state index in [1.807, 2.05) is 60.7 Å².